The molecule has 112 valence electrons. The van der Waals surface area contributed by atoms with Gasteiger partial charge in [-0.15, -0.1) is 0 Å². The molecule has 2 nitrogen and oxygen atoms in total. The Labute approximate surface area is 113 Å². The van der Waals surface area contributed by atoms with Crippen molar-refractivity contribution in [3.05, 3.63) is 0 Å². The van der Waals surface area contributed by atoms with Crippen LogP contribution in [0.25, 0.3) is 0 Å². The van der Waals surface area contributed by atoms with Crippen molar-refractivity contribution in [3.63, 3.8) is 0 Å². The quantitative estimate of drug-likeness (QED) is 0.848. The molecule has 1 heterocycles. The molecule has 1 unspecified atom stereocenters. The van der Waals surface area contributed by atoms with E-state index in [1.54, 1.807) is 0 Å². The summed E-state index contributed by atoms with van der Waals surface area (Å²) in [6.45, 7) is 4.60. The third-order valence-electron chi connectivity index (χ3n) is 4.75. The summed E-state index contributed by atoms with van der Waals surface area (Å²) in [7, 11) is 0. The summed E-state index contributed by atoms with van der Waals surface area (Å²) < 4.78 is 36.9. The van der Waals surface area contributed by atoms with Crippen molar-refractivity contribution >= 4 is 0 Å². The van der Waals surface area contributed by atoms with Gasteiger partial charge in [0.05, 0.1) is 0 Å². The third-order valence-corrected chi connectivity index (χ3v) is 4.75. The van der Waals surface area contributed by atoms with Crippen LogP contribution in [0.5, 0.6) is 0 Å². The lowest BCUT2D eigenvalue weighted by atomic mass is 9.90. The van der Waals surface area contributed by atoms with E-state index in [-0.39, 0.29) is 12.0 Å². The van der Waals surface area contributed by atoms with Gasteiger partial charge in [0.2, 0.25) is 0 Å². The van der Waals surface area contributed by atoms with Crippen LogP contribution in [0.1, 0.15) is 51.9 Å². The molecule has 2 aliphatic rings. The van der Waals surface area contributed by atoms with Crippen LogP contribution in [0.3, 0.4) is 0 Å². The van der Waals surface area contributed by atoms with Gasteiger partial charge in [0.15, 0.2) is 0 Å². The van der Waals surface area contributed by atoms with Crippen molar-refractivity contribution in [2.75, 3.05) is 19.6 Å². The average molecular weight is 278 g/mol. The molecule has 0 aromatic carbocycles. The Kier molecular flexibility index (Phi) is 4.77. The fourth-order valence-electron chi connectivity index (χ4n) is 3.57. The number of nitrogens with zero attached hydrogens (tertiary/aromatic N) is 1. The zero-order valence-corrected chi connectivity index (χ0v) is 11.7. The summed E-state index contributed by atoms with van der Waals surface area (Å²) in [6.07, 6.45) is 1.34. The second-order valence-electron chi connectivity index (χ2n) is 6.08. The second-order valence-corrected chi connectivity index (χ2v) is 6.08. The van der Waals surface area contributed by atoms with Crippen LogP contribution in [0.4, 0.5) is 13.2 Å². The van der Waals surface area contributed by atoms with Gasteiger partial charge < -0.3 is 5.32 Å². The van der Waals surface area contributed by atoms with Gasteiger partial charge in [-0.1, -0.05) is 19.8 Å². The van der Waals surface area contributed by atoms with E-state index in [0.29, 0.717) is 12.6 Å². The molecule has 19 heavy (non-hydrogen) atoms. The van der Waals surface area contributed by atoms with E-state index in [9.17, 15) is 13.2 Å². The Hall–Kier alpha value is -0.290. The Morgan fingerprint density at radius 3 is 2.53 bits per heavy atom. The summed E-state index contributed by atoms with van der Waals surface area (Å²) in [5.41, 5.74) is 0.150. The number of hydrogen-bond acceptors (Lipinski definition) is 2. The van der Waals surface area contributed by atoms with Crippen molar-refractivity contribution in [2.24, 2.45) is 0 Å². The molecule has 5 heteroatoms. The summed E-state index contributed by atoms with van der Waals surface area (Å²) in [4.78, 5) is 2.36. The molecular formula is C14H25F3N2. The molecule has 1 saturated carbocycles. The highest BCUT2D eigenvalue weighted by atomic mass is 19.4. The molecular weight excluding hydrogens is 253 g/mol. The predicted octanol–water partition coefficient (Wildman–Crippen LogP) is 3.33. The van der Waals surface area contributed by atoms with Crippen LogP contribution in [0.2, 0.25) is 0 Å². The first-order valence-corrected chi connectivity index (χ1v) is 7.50. The van der Waals surface area contributed by atoms with Gasteiger partial charge in [-0.05, 0) is 32.2 Å². The van der Waals surface area contributed by atoms with Gasteiger partial charge in [-0.3, -0.25) is 4.90 Å². The number of hydrogen-bond donors (Lipinski definition) is 1. The number of alkyl halides is 3. The van der Waals surface area contributed by atoms with Gasteiger partial charge in [-0.2, -0.15) is 13.2 Å². The normalized spacial score (nSPS) is 28.1. The first-order valence-electron chi connectivity index (χ1n) is 7.50. The zero-order valence-electron chi connectivity index (χ0n) is 11.7. The van der Waals surface area contributed by atoms with Crippen LogP contribution >= 0.6 is 0 Å². The molecule has 2 rings (SSSR count). The van der Waals surface area contributed by atoms with E-state index in [4.69, 9.17) is 0 Å². The van der Waals surface area contributed by atoms with Crippen molar-refractivity contribution in [1.82, 2.24) is 10.2 Å². The fraction of sp³-hybridized carbons (Fsp3) is 1.00. The molecule has 0 amide bonds. The SMILES string of the molecule is CCC1CN(CCCC(F)(F)F)C2(CCCC2)CN1. The lowest BCUT2D eigenvalue weighted by molar-refractivity contribution is -0.137. The molecule has 1 aliphatic heterocycles. The van der Waals surface area contributed by atoms with Crippen molar-refractivity contribution in [3.8, 4) is 0 Å². The summed E-state index contributed by atoms with van der Waals surface area (Å²) >= 11 is 0. The Balaban J connectivity index is 1.92. The van der Waals surface area contributed by atoms with Crippen LogP contribution in [0, 0.1) is 0 Å². The standard InChI is InChI=1S/C14H25F3N2/c1-2-12-10-19(9-5-8-14(15,16)17)13(11-18-12)6-3-4-7-13/h12,18H,2-11H2,1H3. The summed E-state index contributed by atoms with van der Waals surface area (Å²) in [5, 5.41) is 3.57. The van der Waals surface area contributed by atoms with Crippen molar-refractivity contribution < 1.29 is 13.2 Å². The van der Waals surface area contributed by atoms with E-state index < -0.39 is 12.6 Å². The van der Waals surface area contributed by atoms with Crippen LogP contribution in [-0.2, 0) is 0 Å². The van der Waals surface area contributed by atoms with Gasteiger partial charge in [0.25, 0.3) is 0 Å². The largest absolute Gasteiger partial charge is 0.389 e. The number of piperazine rings is 1. The van der Waals surface area contributed by atoms with Crippen LogP contribution < -0.4 is 5.32 Å². The third kappa shape index (κ3) is 3.85. The van der Waals surface area contributed by atoms with Crippen LogP contribution in [0.15, 0.2) is 0 Å². The van der Waals surface area contributed by atoms with E-state index in [0.717, 1.165) is 32.4 Å². The van der Waals surface area contributed by atoms with Crippen molar-refractivity contribution in [1.29, 1.82) is 0 Å². The molecule has 1 spiro atoms. The zero-order chi connectivity index (χ0) is 13.9. The number of halogens is 3. The maximum atomic E-state index is 12.3. The van der Waals surface area contributed by atoms with Gasteiger partial charge in [0.1, 0.15) is 0 Å². The number of nitrogens with one attached hydrogen (secondary N) is 1. The Bertz CT molecular complexity index is 285. The van der Waals surface area contributed by atoms with Gasteiger partial charge in [-0.25, -0.2) is 0 Å². The molecule has 1 N–H and O–H groups in total. The minimum atomic E-state index is -4.01. The number of rotatable bonds is 4. The Morgan fingerprint density at radius 1 is 1.26 bits per heavy atom. The topological polar surface area (TPSA) is 15.3 Å². The highest BCUT2D eigenvalue weighted by Gasteiger charge is 2.43. The maximum Gasteiger partial charge on any atom is 0.389 e. The molecule has 0 aromatic rings. The smallest absolute Gasteiger partial charge is 0.311 e. The van der Waals surface area contributed by atoms with E-state index >= 15 is 0 Å². The molecule has 0 radical (unpaired) electrons. The first-order chi connectivity index (χ1) is 8.95. The first kappa shape index (κ1) is 15.1. The van der Waals surface area contributed by atoms with Crippen molar-refractivity contribution in [2.45, 2.75) is 69.6 Å². The highest BCUT2D eigenvalue weighted by Crippen LogP contribution is 2.37. The Morgan fingerprint density at radius 2 is 1.95 bits per heavy atom. The lowest BCUT2D eigenvalue weighted by Crippen LogP contribution is -2.63. The van der Waals surface area contributed by atoms with Gasteiger partial charge >= 0.3 is 6.18 Å². The molecule has 2 fully saturated rings. The maximum absolute atomic E-state index is 12.3. The van der Waals surface area contributed by atoms with E-state index in [1.807, 2.05) is 0 Å². The molecule has 1 atom stereocenters. The molecule has 1 aliphatic carbocycles. The predicted molar refractivity (Wildman–Crippen MR) is 70.1 cm³/mol. The summed E-state index contributed by atoms with van der Waals surface area (Å²) in [5.74, 6) is 0. The monoisotopic (exact) mass is 278 g/mol. The van der Waals surface area contributed by atoms with Crippen LogP contribution in [-0.4, -0.2) is 42.3 Å². The molecule has 0 aromatic heterocycles. The van der Waals surface area contributed by atoms with E-state index in [1.165, 1.54) is 12.8 Å². The highest BCUT2D eigenvalue weighted by molar-refractivity contribution is 5.01. The summed E-state index contributed by atoms with van der Waals surface area (Å²) in [6, 6.07) is 0.442. The fourth-order valence-corrected chi connectivity index (χ4v) is 3.57. The minimum absolute atomic E-state index is 0.150. The molecule has 1 saturated heterocycles. The van der Waals surface area contributed by atoms with Gasteiger partial charge in [0, 0.05) is 31.1 Å². The minimum Gasteiger partial charge on any atom is -0.311 e. The van der Waals surface area contributed by atoms with E-state index in [2.05, 4.69) is 17.1 Å². The molecule has 0 bridgehead atoms. The lowest BCUT2D eigenvalue weighted by Gasteiger charge is -2.48. The average Bonchev–Trinajstić information content (AvgIpc) is 2.80. The second kappa shape index (κ2) is 6.00.